The van der Waals surface area contributed by atoms with Crippen LogP contribution in [0.3, 0.4) is 0 Å². The third-order valence-electron chi connectivity index (χ3n) is 3.02. The highest BCUT2D eigenvalue weighted by molar-refractivity contribution is 5.70. The summed E-state index contributed by atoms with van der Waals surface area (Å²) < 4.78 is 37.9. The maximum absolute atomic E-state index is 12.6. The zero-order valence-electron chi connectivity index (χ0n) is 11.4. The summed E-state index contributed by atoms with van der Waals surface area (Å²) in [6.07, 6.45) is -1.53. The summed E-state index contributed by atoms with van der Waals surface area (Å²) in [5, 5.41) is 14.8. The van der Waals surface area contributed by atoms with E-state index in [1.165, 1.54) is 24.3 Å². The quantitative estimate of drug-likeness (QED) is 0.926. The van der Waals surface area contributed by atoms with Gasteiger partial charge in [0.1, 0.15) is 11.6 Å². The second-order valence-corrected chi connectivity index (χ2v) is 4.51. The largest absolute Gasteiger partial charge is 0.416 e. The lowest BCUT2D eigenvalue weighted by Gasteiger charge is -2.06. The molecule has 2 aromatic rings. The molecular formula is C15H10F3N3O. The SMILES string of the molecule is Cc1c(/C=C\c2cccc(C(F)(F)F)c2)n[nH]c(=O)c1C#N. The minimum atomic E-state index is -4.41. The summed E-state index contributed by atoms with van der Waals surface area (Å²) in [7, 11) is 0. The van der Waals surface area contributed by atoms with Crippen LogP contribution in [0.5, 0.6) is 0 Å². The first-order valence-electron chi connectivity index (χ1n) is 6.17. The van der Waals surface area contributed by atoms with Crippen LogP contribution in [-0.4, -0.2) is 10.2 Å². The Morgan fingerprint density at radius 3 is 2.68 bits per heavy atom. The fourth-order valence-corrected chi connectivity index (χ4v) is 1.84. The van der Waals surface area contributed by atoms with Crippen LogP contribution >= 0.6 is 0 Å². The average molecular weight is 305 g/mol. The van der Waals surface area contributed by atoms with E-state index in [1.807, 2.05) is 0 Å². The molecule has 0 saturated carbocycles. The smallest absolute Gasteiger partial charge is 0.267 e. The molecule has 1 aromatic heterocycles. The predicted octanol–water partition coefficient (Wildman–Crippen LogP) is 3.14. The summed E-state index contributed by atoms with van der Waals surface area (Å²) in [5.74, 6) is 0. The van der Waals surface area contributed by atoms with Crippen molar-refractivity contribution >= 4 is 12.2 Å². The number of halogens is 3. The van der Waals surface area contributed by atoms with Crippen LogP contribution in [0, 0.1) is 18.3 Å². The second kappa shape index (κ2) is 5.85. The van der Waals surface area contributed by atoms with Crippen molar-refractivity contribution in [1.29, 1.82) is 5.26 Å². The highest BCUT2D eigenvalue weighted by Crippen LogP contribution is 2.29. The lowest BCUT2D eigenvalue weighted by molar-refractivity contribution is -0.137. The van der Waals surface area contributed by atoms with Crippen LogP contribution in [0.25, 0.3) is 12.2 Å². The Bertz CT molecular complexity index is 829. The van der Waals surface area contributed by atoms with Crippen molar-refractivity contribution in [2.75, 3.05) is 0 Å². The molecule has 0 unspecified atom stereocenters. The highest BCUT2D eigenvalue weighted by atomic mass is 19.4. The summed E-state index contributed by atoms with van der Waals surface area (Å²) in [6, 6.07) is 6.56. The van der Waals surface area contributed by atoms with Gasteiger partial charge in [-0.3, -0.25) is 4.79 Å². The molecule has 2 rings (SSSR count). The van der Waals surface area contributed by atoms with Gasteiger partial charge in [-0.05, 0) is 36.3 Å². The molecule has 7 heteroatoms. The predicted molar refractivity (Wildman–Crippen MR) is 74.7 cm³/mol. The summed E-state index contributed by atoms with van der Waals surface area (Å²) in [5.41, 5.74) is -0.405. The van der Waals surface area contributed by atoms with E-state index >= 15 is 0 Å². The van der Waals surface area contributed by atoms with E-state index in [9.17, 15) is 18.0 Å². The van der Waals surface area contributed by atoms with Crippen LogP contribution in [0.4, 0.5) is 13.2 Å². The molecule has 22 heavy (non-hydrogen) atoms. The van der Waals surface area contributed by atoms with Crippen LogP contribution in [0.15, 0.2) is 29.1 Å². The molecule has 112 valence electrons. The van der Waals surface area contributed by atoms with Gasteiger partial charge in [-0.1, -0.05) is 18.2 Å². The first kappa shape index (κ1) is 15.5. The van der Waals surface area contributed by atoms with Crippen LogP contribution in [0.1, 0.15) is 27.9 Å². The maximum atomic E-state index is 12.6. The number of hydrogen-bond acceptors (Lipinski definition) is 3. The van der Waals surface area contributed by atoms with Gasteiger partial charge in [-0.25, -0.2) is 5.10 Å². The molecule has 0 aliphatic carbocycles. The molecule has 0 saturated heterocycles. The standard InChI is InChI=1S/C15H10F3N3O/c1-9-12(8-19)14(22)21-20-13(9)6-5-10-3-2-4-11(7-10)15(16,17)18/h2-7H,1H3,(H,21,22)/b6-5-. The Balaban J connectivity index is 2.38. The molecule has 0 aliphatic rings. The van der Waals surface area contributed by atoms with E-state index in [2.05, 4.69) is 10.2 Å². The van der Waals surface area contributed by atoms with Crippen LogP contribution in [-0.2, 0) is 6.18 Å². The maximum Gasteiger partial charge on any atom is 0.416 e. The molecule has 0 spiro atoms. The molecule has 0 aliphatic heterocycles. The Labute approximate surface area is 123 Å². The zero-order chi connectivity index (χ0) is 16.3. The van der Waals surface area contributed by atoms with Gasteiger partial charge in [-0.15, -0.1) is 0 Å². The first-order valence-corrected chi connectivity index (χ1v) is 6.17. The molecule has 4 nitrogen and oxygen atoms in total. The fraction of sp³-hybridized carbons (Fsp3) is 0.133. The van der Waals surface area contributed by atoms with Gasteiger partial charge in [0.05, 0.1) is 11.3 Å². The molecule has 0 radical (unpaired) electrons. The number of aromatic amines is 1. The zero-order valence-corrected chi connectivity index (χ0v) is 11.4. The third-order valence-corrected chi connectivity index (χ3v) is 3.02. The van der Waals surface area contributed by atoms with Gasteiger partial charge >= 0.3 is 6.18 Å². The van der Waals surface area contributed by atoms with Crippen molar-refractivity contribution in [3.8, 4) is 6.07 Å². The molecule has 0 bridgehead atoms. The van der Waals surface area contributed by atoms with E-state index in [0.717, 1.165) is 12.1 Å². The van der Waals surface area contributed by atoms with Crippen LogP contribution < -0.4 is 5.56 Å². The van der Waals surface area contributed by atoms with E-state index < -0.39 is 17.3 Å². The van der Waals surface area contributed by atoms with Gasteiger partial charge in [0.15, 0.2) is 0 Å². The number of hydrogen-bond donors (Lipinski definition) is 1. The summed E-state index contributed by atoms with van der Waals surface area (Å²) in [6.45, 7) is 1.55. The molecule has 1 heterocycles. The topological polar surface area (TPSA) is 69.5 Å². The summed E-state index contributed by atoms with van der Waals surface area (Å²) in [4.78, 5) is 11.4. The number of nitrogens with one attached hydrogen (secondary N) is 1. The molecular weight excluding hydrogens is 295 g/mol. The van der Waals surface area contributed by atoms with Crippen molar-refractivity contribution in [2.45, 2.75) is 13.1 Å². The summed E-state index contributed by atoms with van der Waals surface area (Å²) >= 11 is 0. The molecule has 0 fully saturated rings. The first-order chi connectivity index (χ1) is 10.3. The van der Waals surface area contributed by atoms with Gasteiger partial charge in [0.25, 0.3) is 5.56 Å². The Morgan fingerprint density at radius 2 is 2.05 bits per heavy atom. The normalized spacial score (nSPS) is 11.6. The van der Waals surface area contributed by atoms with Gasteiger partial charge in [-0.2, -0.15) is 23.5 Å². The van der Waals surface area contributed by atoms with Gasteiger partial charge in [0, 0.05) is 0 Å². The number of benzene rings is 1. The monoisotopic (exact) mass is 305 g/mol. The third kappa shape index (κ3) is 3.23. The number of nitriles is 1. The molecule has 1 aromatic carbocycles. The number of aromatic nitrogens is 2. The number of nitrogens with zero attached hydrogens (tertiary/aromatic N) is 2. The number of H-pyrrole nitrogens is 1. The molecule has 0 amide bonds. The molecule has 1 N–H and O–H groups in total. The van der Waals surface area contributed by atoms with E-state index in [0.29, 0.717) is 16.8 Å². The lowest BCUT2D eigenvalue weighted by atomic mass is 10.1. The van der Waals surface area contributed by atoms with Crippen LogP contribution in [0.2, 0.25) is 0 Å². The van der Waals surface area contributed by atoms with Crippen molar-refractivity contribution in [2.24, 2.45) is 0 Å². The lowest BCUT2D eigenvalue weighted by Crippen LogP contribution is -2.15. The Hall–Kier alpha value is -2.88. The minimum absolute atomic E-state index is 0.0707. The highest BCUT2D eigenvalue weighted by Gasteiger charge is 2.30. The van der Waals surface area contributed by atoms with E-state index in [1.54, 1.807) is 13.0 Å². The Kier molecular flexibility index (Phi) is 4.13. The van der Waals surface area contributed by atoms with E-state index in [4.69, 9.17) is 5.26 Å². The van der Waals surface area contributed by atoms with Crippen molar-refractivity contribution in [1.82, 2.24) is 10.2 Å². The van der Waals surface area contributed by atoms with Crippen molar-refractivity contribution in [3.05, 3.63) is 62.6 Å². The van der Waals surface area contributed by atoms with Crippen molar-refractivity contribution in [3.63, 3.8) is 0 Å². The Morgan fingerprint density at radius 1 is 1.32 bits per heavy atom. The van der Waals surface area contributed by atoms with Gasteiger partial charge < -0.3 is 0 Å². The minimum Gasteiger partial charge on any atom is -0.267 e. The average Bonchev–Trinajstić information content (AvgIpc) is 2.46. The molecule has 0 atom stereocenters. The second-order valence-electron chi connectivity index (χ2n) is 4.51. The number of alkyl halides is 3. The van der Waals surface area contributed by atoms with Crippen molar-refractivity contribution < 1.29 is 13.2 Å². The van der Waals surface area contributed by atoms with E-state index in [-0.39, 0.29) is 5.56 Å². The van der Waals surface area contributed by atoms with Gasteiger partial charge in [0.2, 0.25) is 0 Å². The number of rotatable bonds is 2. The fourth-order valence-electron chi connectivity index (χ4n) is 1.84.